The van der Waals surface area contributed by atoms with Crippen LogP contribution in [-0.2, 0) is 15.7 Å². The first-order chi connectivity index (χ1) is 11.4. The van der Waals surface area contributed by atoms with Crippen molar-refractivity contribution in [1.29, 1.82) is 0 Å². The molecule has 4 heteroatoms. The molecular weight excluding hydrogens is 297 g/mol. The van der Waals surface area contributed by atoms with E-state index in [-0.39, 0.29) is 18.3 Å². The van der Waals surface area contributed by atoms with Gasteiger partial charge in [0.2, 0.25) is 0 Å². The topological polar surface area (TPSA) is 30.8 Å². The number of aliphatic imine (C=N–C) groups is 1. The second kappa shape index (κ2) is 5.30. The summed E-state index contributed by atoms with van der Waals surface area (Å²) >= 11 is 0. The fourth-order valence-corrected chi connectivity index (χ4v) is 3.14. The predicted octanol–water partition coefficient (Wildman–Crippen LogP) is 3.66. The van der Waals surface area contributed by atoms with Crippen molar-refractivity contribution < 1.29 is 9.31 Å². The van der Waals surface area contributed by atoms with Crippen LogP contribution in [0.5, 0.6) is 0 Å². The van der Waals surface area contributed by atoms with Gasteiger partial charge in [0.1, 0.15) is 0 Å². The molecule has 0 unspecified atom stereocenters. The Morgan fingerprint density at radius 2 is 1.58 bits per heavy atom. The van der Waals surface area contributed by atoms with E-state index in [9.17, 15) is 0 Å². The first kappa shape index (κ1) is 15.6. The van der Waals surface area contributed by atoms with E-state index in [1.165, 1.54) is 11.1 Å². The van der Waals surface area contributed by atoms with Gasteiger partial charge in [0, 0.05) is 6.42 Å². The SMILES string of the molecule is CC1(C)OB(c2ccc3c(c2)CC(c2ccccc2)=N3)OC1(C)C. The minimum absolute atomic E-state index is 0.317. The molecule has 1 fully saturated rings. The van der Waals surface area contributed by atoms with Gasteiger partial charge in [-0.15, -0.1) is 0 Å². The van der Waals surface area contributed by atoms with Gasteiger partial charge in [-0.3, -0.25) is 4.99 Å². The van der Waals surface area contributed by atoms with Crippen molar-refractivity contribution in [3.05, 3.63) is 59.7 Å². The minimum Gasteiger partial charge on any atom is -0.399 e. The Balaban J connectivity index is 1.59. The molecule has 0 N–H and O–H groups in total. The van der Waals surface area contributed by atoms with E-state index in [4.69, 9.17) is 14.3 Å². The summed E-state index contributed by atoms with van der Waals surface area (Å²) in [6, 6.07) is 16.7. The molecule has 122 valence electrons. The maximum Gasteiger partial charge on any atom is 0.494 e. The molecule has 2 aromatic carbocycles. The van der Waals surface area contributed by atoms with Crippen LogP contribution >= 0.6 is 0 Å². The second-order valence-electron chi connectivity index (χ2n) is 7.58. The van der Waals surface area contributed by atoms with E-state index in [0.29, 0.717) is 0 Å². The zero-order valence-electron chi connectivity index (χ0n) is 14.7. The molecule has 0 amide bonds. The summed E-state index contributed by atoms with van der Waals surface area (Å²) in [5.74, 6) is 0. The Labute approximate surface area is 143 Å². The third kappa shape index (κ3) is 2.50. The van der Waals surface area contributed by atoms with Crippen LogP contribution in [0.1, 0.15) is 38.8 Å². The Bertz CT molecular complexity index is 796. The van der Waals surface area contributed by atoms with E-state index < -0.39 is 0 Å². The zero-order valence-corrected chi connectivity index (χ0v) is 14.7. The summed E-state index contributed by atoms with van der Waals surface area (Å²) < 4.78 is 12.3. The minimum atomic E-state index is -0.318. The lowest BCUT2D eigenvalue weighted by Gasteiger charge is -2.32. The van der Waals surface area contributed by atoms with Crippen LogP contribution in [0.25, 0.3) is 0 Å². The summed E-state index contributed by atoms with van der Waals surface area (Å²) in [4.78, 5) is 4.78. The smallest absolute Gasteiger partial charge is 0.399 e. The maximum atomic E-state index is 6.16. The van der Waals surface area contributed by atoms with E-state index >= 15 is 0 Å². The normalized spacial score (nSPS) is 20.8. The molecule has 0 radical (unpaired) electrons. The molecule has 4 rings (SSSR count). The van der Waals surface area contributed by atoms with Crippen LogP contribution in [0.15, 0.2) is 53.5 Å². The molecule has 24 heavy (non-hydrogen) atoms. The van der Waals surface area contributed by atoms with Gasteiger partial charge in [-0.05, 0) is 50.4 Å². The Hall–Kier alpha value is -1.91. The van der Waals surface area contributed by atoms with Crippen molar-refractivity contribution in [2.24, 2.45) is 4.99 Å². The van der Waals surface area contributed by atoms with E-state index in [2.05, 4.69) is 70.2 Å². The highest BCUT2D eigenvalue weighted by molar-refractivity contribution is 6.62. The van der Waals surface area contributed by atoms with Crippen molar-refractivity contribution in [3.63, 3.8) is 0 Å². The monoisotopic (exact) mass is 319 g/mol. The van der Waals surface area contributed by atoms with Crippen LogP contribution in [-0.4, -0.2) is 24.0 Å². The van der Waals surface area contributed by atoms with E-state index in [1.807, 2.05) is 6.07 Å². The van der Waals surface area contributed by atoms with Gasteiger partial charge in [-0.1, -0.05) is 42.5 Å². The third-order valence-corrected chi connectivity index (χ3v) is 5.35. The number of benzene rings is 2. The summed E-state index contributed by atoms with van der Waals surface area (Å²) in [5, 5.41) is 0. The highest BCUT2D eigenvalue weighted by Crippen LogP contribution is 2.37. The van der Waals surface area contributed by atoms with Gasteiger partial charge in [0.15, 0.2) is 0 Å². The number of rotatable bonds is 2. The molecule has 0 saturated carbocycles. The third-order valence-electron chi connectivity index (χ3n) is 5.35. The van der Waals surface area contributed by atoms with Crippen LogP contribution < -0.4 is 5.46 Å². The van der Waals surface area contributed by atoms with E-state index in [1.54, 1.807) is 0 Å². The van der Waals surface area contributed by atoms with Gasteiger partial charge in [-0.2, -0.15) is 0 Å². The Morgan fingerprint density at radius 1 is 0.917 bits per heavy atom. The zero-order chi connectivity index (χ0) is 16.9. The number of hydrogen-bond acceptors (Lipinski definition) is 3. The molecular formula is C20H22BNO2. The average molecular weight is 319 g/mol. The van der Waals surface area contributed by atoms with Crippen LogP contribution in [0, 0.1) is 0 Å². The van der Waals surface area contributed by atoms with Crippen molar-refractivity contribution in [3.8, 4) is 0 Å². The van der Waals surface area contributed by atoms with Crippen molar-refractivity contribution in [2.45, 2.75) is 45.3 Å². The Morgan fingerprint density at radius 3 is 2.25 bits per heavy atom. The van der Waals surface area contributed by atoms with Crippen molar-refractivity contribution in [2.75, 3.05) is 0 Å². The number of nitrogens with zero attached hydrogens (tertiary/aromatic N) is 1. The van der Waals surface area contributed by atoms with Crippen molar-refractivity contribution in [1.82, 2.24) is 0 Å². The molecule has 3 nitrogen and oxygen atoms in total. The summed E-state index contributed by atoms with van der Waals surface area (Å²) in [7, 11) is -0.318. The standard InChI is InChI=1S/C20H22BNO2/c1-19(2)20(3,4)24-21(23-19)16-10-11-17-15(12-16)13-18(22-17)14-8-6-5-7-9-14/h5-12H,13H2,1-4H3. The van der Waals surface area contributed by atoms with Gasteiger partial charge in [0.05, 0.1) is 22.6 Å². The van der Waals surface area contributed by atoms with Gasteiger partial charge < -0.3 is 9.31 Å². The van der Waals surface area contributed by atoms with Crippen molar-refractivity contribution >= 4 is 24.0 Å². The van der Waals surface area contributed by atoms with Crippen LogP contribution in [0.4, 0.5) is 5.69 Å². The lowest BCUT2D eigenvalue weighted by Crippen LogP contribution is -2.41. The Kier molecular flexibility index (Phi) is 3.45. The fraction of sp³-hybridized carbons (Fsp3) is 0.350. The molecule has 0 aromatic heterocycles. The molecule has 2 heterocycles. The molecule has 2 aliphatic rings. The molecule has 2 aliphatic heterocycles. The molecule has 0 aliphatic carbocycles. The highest BCUT2D eigenvalue weighted by Gasteiger charge is 2.51. The number of hydrogen-bond donors (Lipinski definition) is 0. The molecule has 1 saturated heterocycles. The lowest BCUT2D eigenvalue weighted by atomic mass is 9.78. The first-order valence-corrected chi connectivity index (χ1v) is 8.47. The average Bonchev–Trinajstić information content (AvgIpc) is 3.06. The first-order valence-electron chi connectivity index (χ1n) is 8.47. The van der Waals surface area contributed by atoms with Gasteiger partial charge >= 0.3 is 7.12 Å². The van der Waals surface area contributed by atoms with E-state index in [0.717, 1.165) is 23.3 Å². The summed E-state index contributed by atoms with van der Waals surface area (Å²) in [6.07, 6.45) is 0.854. The molecule has 0 atom stereocenters. The lowest BCUT2D eigenvalue weighted by molar-refractivity contribution is 0.00578. The van der Waals surface area contributed by atoms with Gasteiger partial charge in [-0.25, -0.2) is 0 Å². The quantitative estimate of drug-likeness (QED) is 0.791. The predicted molar refractivity (Wildman–Crippen MR) is 98.5 cm³/mol. The highest BCUT2D eigenvalue weighted by atomic mass is 16.7. The summed E-state index contributed by atoms with van der Waals surface area (Å²) in [5.41, 5.74) is 5.03. The largest absolute Gasteiger partial charge is 0.494 e. The fourth-order valence-electron chi connectivity index (χ4n) is 3.14. The molecule has 2 aromatic rings. The maximum absolute atomic E-state index is 6.16. The molecule has 0 bridgehead atoms. The molecule has 0 spiro atoms. The summed E-state index contributed by atoms with van der Waals surface area (Å²) in [6.45, 7) is 8.32. The van der Waals surface area contributed by atoms with Gasteiger partial charge in [0.25, 0.3) is 0 Å². The second-order valence-corrected chi connectivity index (χ2v) is 7.58. The number of fused-ring (bicyclic) bond motifs is 1. The van der Waals surface area contributed by atoms with Crippen LogP contribution in [0.2, 0.25) is 0 Å². The van der Waals surface area contributed by atoms with Crippen LogP contribution in [0.3, 0.4) is 0 Å².